The smallest absolute Gasteiger partial charge is 0.143 e. The van der Waals surface area contributed by atoms with Crippen molar-refractivity contribution in [2.45, 2.75) is 13.3 Å². The summed E-state index contributed by atoms with van der Waals surface area (Å²) >= 11 is 0. The van der Waals surface area contributed by atoms with Gasteiger partial charge in [0.2, 0.25) is 0 Å². The number of aromatic nitrogens is 2. The molecule has 0 fully saturated rings. The summed E-state index contributed by atoms with van der Waals surface area (Å²) in [5.41, 5.74) is 11.5. The van der Waals surface area contributed by atoms with Crippen LogP contribution in [0.3, 0.4) is 0 Å². The molecule has 0 aliphatic carbocycles. The van der Waals surface area contributed by atoms with Crippen LogP contribution in [-0.2, 0) is 18.1 Å². The molecule has 0 saturated carbocycles. The van der Waals surface area contributed by atoms with Gasteiger partial charge in [-0.25, -0.2) is 4.98 Å². The summed E-state index contributed by atoms with van der Waals surface area (Å²) < 4.78 is 8.69. The minimum Gasteiger partial charge on any atom is -0.356 e. The highest BCUT2D eigenvalue weighted by molar-refractivity contribution is 6.08. The maximum atomic E-state index is 6.42. The molecule has 0 spiro atoms. The van der Waals surface area contributed by atoms with E-state index in [0.29, 0.717) is 13.3 Å². The summed E-state index contributed by atoms with van der Waals surface area (Å²) in [4.78, 5) is 5.43. The average molecular weight is 515 g/mol. The van der Waals surface area contributed by atoms with Gasteiger partial charge in [-0.05, 0) is 44.7 Å². The summed E-state index contributed by atoms with van der Waals surface area (Å²) in [6.07, 6.45) is 0. The van der Waals surface area contributed by atoms with Gasteiger partial charge in [0.15, 0.2) is 0 Å². The van der Waals surface area contributed by atoms with Gasteiger partial charge in [-0.15, -0.1) is 0 Å². The van der Waals surface area contributed by atoms with Crippen molar-refractivity contribution >= 4 is 21.8 Å². The fourth-order valence-corrected chi connectivity index (χ4v) is 6.18. The van der Waals surface area contributed by atoms with E-state index in [2.05, 4.69) is 138 Å². The Morgan fingerprint density at radius 2 is 1.10 bits per heavy atom. The molecule has 0 saturated heterocycles. The molecular formula is C37H26N2O. The fraction of sp³-hybridized carbons (Fsp3) is 0.0541. The third-order valence-electron chi connectivity index (χ3n) is 7.99. The Morgan fingerprint density at radius 1 is 0.525 bits per heavy atom. The molecule has 40 heavy (non-hydrogen) atoms. The van der Waals surface area contributed by atoms with Gasteiger partial charge in [0.25, 0.3) is 0 Å². The first kappa shape index (κ1) is 22.9. The van der Waals surface area contributed by atoms with Crippen LogP contribution in [0, 0.1) is 0 Å². The first-order chi connectivity index (χ1) is 19.9. The van der Waals surface area contributed by atoms with Gasteiger partial charge in [0, 0.05) is 16.7 Å². The number of rotatable bonds is 3. The molecule has 1 aliphatic rings. The normalized spacial score (nSPS) is 12.7. The van der Waals surface area contributed by atoms with Crippen LogP contribution in [0.4, 0.5) is 0 Å². The number of imidazole rings is 1. The van der Waals surface area contributed by atoms with Crippen LogP contribution < -0.4 is 0 Å². The van der Waals surface area contributed by atoms with Gasteiger partial charge in [-0.2, -0.15) is 0 Å². The van der Waals surface area contributed by atoms with E-state index < -0.39 is 0 Å². The number of nitrogens with zero attached hydrogens (tertiary/aromatic N) is 2. The molecule has 0 N–H and O–H groups in total. The molecule has 0 amide bonds. The zero-order chi connectivity index (χ0) is 26.5. The molecule has 8 rings (SSSR count). The lowest BCUT2D eigenvalue weighted by Crippen LogP contribution is -2.09. The lowest BCUT2D eigenvalue weighted by Gasteiger charge is -2.20. The van der Waals surface area contributed by atoms with E-state index >= 15 is 0 Å². The van der Waals surface area contributed by atoms with Crippen molar-refractivity contribution in [3.8, 4) is 44.8 Å². The monoisotopic (exact) mass is 514 g/mol. The highest BCUT2D eigenvalue weighted by atomic mass is 16.5. The average Bonchev–Trinajstić information content (AvgIpc) is 3.39. The molecule has 3 nitrogen and oxygen atoms in total. The Balaban J connectivity index is 1.47. The number of ether oxygens (including phenoxy) is 1. The molecule has 190 valence electrons. The Kier molecular flexibility index (Phi) is 5.35. The second-order valence-corrected chi connectivity index (χ2v) is 10.3. The maximum Gasteiger partial charge on any atom is 0.143 e. The van der Waals surface area contributed by atoms with Gasteiger partial charge in [0.05, 0.1) is 17.6 Å². The molecule has 0 bridgehead atoms. The minimum absolute atomic E-state index is 0.431. The van der Waals surface area contributed by atoms with Crippen LogP contribution in [-0.4, -0.2) is 9.55 Å². The van der Waals surface area contributed by atoms with E-state index in [1.54, 1.807) is 0 Å². The summed E-state index contributed by atoms with van der Waals surface area (Å²) in [7, 11) is 0. The van der Waals surface area contributed by atoms with Crippen LogP contribution in [0.5, 0.6) is 0 Å². The van der Waals surface area contributed by atoms with E-state index in [4.69, 9.17) is 9.72 Å². The van der Waals surface area contributed by atoms with Crippen molar-refractivity contribution in [2.24, 2.45) is 0 Å². The van der Waals surface area contributed by atoms with Gasteiger partial charge < -0.3 is 4.74 Å². The predicted octanol–water partition coefficient (Wildman–Crippen LogP) is 9.35. The second-order valence-electron chi connectivity index (χ2n) is 10.3. The number of hydrogen-bond acceptors (Lipinski definition) is 2. The summed E-state index contributed by atoms with van der Waals surface area (Å²) in [5.74, 6) is 0.937. The Morgan fingerprint density at radius 3 is 1.80 bits per heavy atom. The van der Waals surface area contributed by atoms with Crippen molar-refractivity contribution in [1.29, 1.82) is 0 Å². The van der Waals surface area contributed by atoms with Crippen LogP contribution in [0.15, 0.2) is 133 Å². The SMILES string of the molecule is c1ccc(-c2ccc3c4c(cccc24)COCn2c-3nc3c(-c4ccccc4)ccc(-c4ccccc4)c32)cc1. The minimum atomic E-state index is 0.431. The first-order valence-electron chi connectivity index (χ1n) is 13.7. The number of benzene rings is 6. The van der Waals surface area contributed by atoms with Crippen molar-refractivity contribution in [3.63, 3.8) is 0 Å². The highest BCUT2D eigenvalue weighted by Gasteiger charge is 2.24. The van der Waals surface area contributed by atoms with Gasteiger partial charge in [-0.1, -0.05) is 127 Å². The van der Waals surface area contributed by atoms with E-state index in [1.165, 1.54) is 33.0 Å². The Bertz CT molecular complexity index is 2010. The summed E-state index contributed by atoms with van der Waals surface area (Å²) in [6.45, 7) is 0.973. The van der Waals surface area contributed by atoms with E-state index in [9.17, 15) is 0 Å². The van der Waals surface area contributed by atoms with Crippen LogP contribution >= 0.6 is 0 Å². The topological polar surface area (TPSA) is 27.1 Å². The largest absolute Gasteiger partial charge is 0.356 e. The van der Waals surface area contributed by atoms with Crippen molar-refractivity contribution in [2.75, 3.05) is 0 Å². The zero-order valence-electron chi connectivity index (χ0n) is 21.9. The predicted molar refractivity (Wildman–Crippen MR) is 164 cm³/mol. The number of hydrogen-bond donors (Lipinski definition) is 0. The second kappa shape index (κ2) is 9.33. The van der Waals surface area contributed by atoms with Crippen LogP contribution in [0.2, 0.25) is 0 Å². The molecule has 0 radical (unpaired) electrons. The first-order valence-corrected chi connectivity index (χ1v) is 13.7. The van der Waals surface area contributed by atoms with Gasteiger partial charge in [0.1, 0.15) is 12.6 Å². The lowest BCUT2D eigenvalue weighted by molar-refractivity contribution is 0.0675. The molecule has 0 atom stereocenters. The molecule has 2 heterocycles. The molecule has 0 unspecified atom stereocenters. The zero-order valence-corrected chi connectivity index (χ0v) is 21.9. The Labute approximate surface area is 232 Å². The molecule has 7 aromatic rings. The van der Waals surface area contributed by atoms with Crippen molar-refractivity contribution in [3.05, 3.63) is 139 Å². The van der Waals surface area contributed by atoms with Crippen LogP contribution in [0.1, 0.15) is 5.56 Å². The van der Waals surface area contributed by atoms with Crippen molar-refractivity contribution < 1.29 is 4.74 Å². The van der Waals surface area contributed by atoms with Gasteiger partial charge in [-0.3, -0.25) is 4.57 Å². The summed E-state index contributed by atoms with van der Waals surface area (Å²) in [5, 5.41) is 2.43. The molecule has 3 heteroatoms. The summed E-state index contributed by atoms with van der Waals surface area (Å²) in [6, 6.07) is 47.2. The number of fused-ring (bicyclic) bond motifs is 4. The fourth-order valence-electron chi connectivity index (χ4n) is 6.18. The molecule has 1 aliphatic heterocycles. The highest BCUT2D eigenvalue weighted by Crippen LogP contribution is 2.43. The lowest BCUT2D eigenvalue weighted by atomic mass is 9.92. The maximum absolute atomic E-state index is 6.42. The van der Waals surface area contributed by atoms with E-state index in [1.807, 2.05) is 0 Å². The Hall–Kier alpha value is -4.99. The van der Waals surface area contributed by atoms with E-state index in [0.717, 1.165) is 39.1 Å². The molecular weight excluding hydrogens is 488 g/mol. The molecule has 1 aromatic heterocycles. The third-order valence-corrected chi connectivity index (χ3v) is 7.99. The van der Waals surface area contributed by atoms with Crippen molar-refractivity contribution in [1.82, 2.24) is 9.55 Å². The standard InChI is InChI=1S/C37H26N2O/c1-4-11-25(12-5-1)29-19-22-33-34-28(17-10-18-32(29)34)23-40-24-39-36-31(27-15-8-3-9-16-27)21-20-30(35(36)38-37(33)39)26-13-6-2-7-14-26/h1-22H,23-24H2. The molecule has 6 aromatic carbocycles. The third kappa shape index (κ3) is 3.59. The van der Waals surface area contributed by atoms with E-state index in [-0.39, 0.29) is 0 Å². The van der Waals surface area contributed by atoms with Gasteiger partial charge >= 0.3 is 0 Å². The van der Waals surface area contributed by atoms with Crippen LogP contribution in [0.25, 0.3) is 66.6 Å². The quantitative estimate of drug-likeness (QED) is 0.235.